The van der Waals surface area contributed by atoms with E-state index in [0.29, 0.717) is 25.9 Å². The molecule has 0 aromatic heterocycles. The summed E-state index contributed by atoms with van der Waals surface area (Å²) in [6.07, 6.45) is 11.4. The van der Waals surface area contributed by atoms with Crippen LogP contribution in [-0.2, 0) is 9.47 Å². The van der Waals surface area contributed by atoms with Gasteiger partial charge in [0, 0.05) is 25.2 Å². The molecule has 2 rings (SSSR count). The van der Waals surface area contributed by atoms with Crippen molar-refractivity contribution in [3.8, 4) is 0 Å². The largest absolute Gasteiger partial charge is 0.448 e. The molecule has 0 bridgehead atoms. The number of hydrogen-bond donors (Lipinski definition) is 6. The Bertz CT molecular complexity index is 611. The van der Waals surface area contributed by atoms with Crippen LogP contribution in [0.3, 0.4) is 0 Å². The van der Waals surface area contributed by atoms with Crippen molar-refractivity contribution in [1.29, 1.82) is 0 Å². The number of urea groups is 2. The summed E-state index contributed by atoms with van der Waals surface area (Å²) in [6, 6.07) is -0.268. The fourth-order valence-electron chi connectivity index (χ4n) is 4.31. The maximum Gasteiger partial charge on any atom is 0.407 e. The van der Waals surface area contributed by atoms with Gasteiger partial charge in [0.25, 0.3) is 0 Å². The van der Waals surface area contributed by atoms with E-state index < -0.39 is 12.2 Å². The summed E-state index contributed by atoms with van der Waals surface area (Å²) in [4.78, 5) is 47.0. The Morgan fingerprint density at radius 2 is 0.889 bits per heavy atom. The van der Waals surface area contributed by atoms with Crippen LogP contribution < -0.4 is 31.9 Å². The molecule has 6 N–H and O–H groups in total. The standard InChI is InChI=1S/C24H44N6O6/c31-21(27-15-17-35-23(33)29-19-9-3-1-4-10-19)25-13-7-8-14-26-22(32)28-16-18-36-24(34)30-20-11-5-2-6-12-20/h19-20H,1-18H2,(H,29,33)(H,30,34)(H2,25,27,31)(H2,26,28,32). The van der Waals surface area contributed by atoms with Crippen molar-refractivity contribution in [3.05, 3.63) is 0 Å². The molecule has 2 aliphatic carbocycles. The number of carbonyl (C=O) groups excluding carboxylic acids is 4. The Balaban J connectivity index is 1.33. The molecule has 206 valence electrons. The number of ether oxygens (including phenoxy) is 2. The van der Waals surface area contributed by atoms with Crippen molar-refractivity contribution in [2.45, 2.75) is 89.1 Å². The minimum Gasteiger partial charge on any atom is -0.448 e. The summed E-state index contributed by atoms with van der Waals surface area (Å²) < 4.78 is 10.2. The van der Waals surface area contributed by atoms with Crippen LogP contribution in [0.4, 0.5) is 19.2 Å². The summed E-state index contributed by atoms with van der Waals surface area (Å²) in [6.45, 7) is 1.61. The average Bonchev–Trinajstić information content (AvgIpc) is 2.88. The van der Waals surface area contributed by atoms with Crippen molar-refractivity contribution < 1.29 is 28.7 Å². The fourth-order valence-corrected chi connectivity index (χ4v) is 4.31. The highest BCUT2D eigenvalue weighted by Crippen LogP contribution is 2.18. The Labute approximate surface area is 213 Å². The highest BCUT2D eigenvalue weighted by Gasteiger charge is 2.17. The lowest BCUT2D eigenvalue weighted by Gasteiger charge is -2.22. The summed E-state index contributed by atoms with van der Waals surface area (Å²) in [5.41, 5.74) is 0. The van der Waals surface area contributed by atoms with Crippen molar-refractivity contribution >= 4 is 24.2 Å². The van der Waals surface area contributed by atoms with Gasteiger partial charge in [0.2, 0.25) is 0 Å². The monoisotopic (exact) mass is 512 g/mol. The van der Waals surface area contributed by atoms with E-state index in [9.17, 15) is 19.2 Å². The fraction of sp³-hybridized carbons (Fsp3) is 0.833. The third-order valence-corrected chi connectivity index (χ3v) is 6.27. The summed E-state index contributed by atoms with van der Waals surface area (Å²) in [5.74, 6) is 0. The predicted octanol–water partition coefficient (Wildman–Crippen LogP) is 2.48. The van der Waals surface area contributed by atoms with E-state index in [1.165, 1.54) is 12.8 Å². The highest BCUT2D eigenvalue weighted by molar-refractivity contribution is 5.74. The van der Waals surface area contributed by atoms with Gasteiger partial charge in [0.05, 0.1) is 13.1 Å². The van der Waals surface area contributed by atoms with Crippen molar-refractivity contribution in [2.75, 3.05) is 39.4 Å². The van der Waals surface area contributed by atoms with Crippen molar-refractivity contribution in [2.24, 2.45) is 0 Å². The molecule has 0 saturated heterocycles. The molecule has 0 unspecified atom stereocenters. The molecular weight excluding hydrogens is 468 g/mol. The van der Waals surface area contributed by atoms with Crippen LogP contribution in [-0.4, -0.2) is 75.7 Å². The van der Waals surface area contributed by atoms with Gasteiger partial charge in [-0.1, -0.05) is 38.5 Å². The van der Waals surface area contributed by atoms with E-state index in [-0.39, 0.29) is 50.4 Å². The third-order valence-electron chi connectivity index (χ3n) is 6.27. The average molecular weight is 513 g/mol. The molecule has 2 fully saturated rings. The van der Waals surface area contributed by atoms with Gasteiger partial charge < -0.3 is 41.4 Å². The van der Waals surface area contributed by atoms with Crippen LogP contribution in [0.15, 0.2) is 0 Å². The van der Waals surface area contributed by atoms with Gasteiger partial charge in [0.1, 0.15) is 13.2 Å². The Hall–Kier alpha value is -2.92. The first-order valence-electron chi connectivity index (χ1n) is 13.4. The normalized spacial score (nSPS) is 16.3. The zero-order chi connectivity index (χ0) is 25.8. The number of hydrogen-bond acceptors (Lipinski definition) is 6. The molecule has 0 atom stereocenters. The predicted molar refractivity (Wildman–Crippen MR) is 135 cm³/mol. The SMILES string of the molecule is O=C(NCCCCNC(=O)NCCOC(=O)NC1CCCCC1)NCCOC(=O)NC1CCCCC1. The van der Waals surface area contributed by atoms with Crippen molar-refractivity contribution in [1.82, 2.24) is 31.9 Å². The molecule has 0 spiro atoms. The minimum atomic E-state index is -0.437. The highest BCUT2D eigenvalue weighted by atomic mass is 16.6. The first-order chi connectivity index (χ1) is 17.5. The van der Waals surface area contributed by atoms with E-state index in [2.05, 4.69) is 31.9 Å². The molecule has 12 nitrogen and oxygen atoms in total. The number of carbonyl (C=O) groups is 4. The second-order valence-corrected chi connectivity index (χ2v) is 9.30. The summed E-state index contributed by atoms with van der Waals surface area (Å²) in [5, 5.41) is 16.4. The van der Waals surface area contributed by atoms with Crippen LogP contribution in [0.1, 0.15) is 77.0 Å². The molecular formula is C24H44N6O6. The molecule has 2 saturated carbocycles. The van der Waals surface area contributed by atoms with Crippen LogP contribution >= 0.6 is 0 Å². The summed E-state index contributed by atoms with van der Waals surface area (Å²) >= 11 is 0. The van der Waals surface area contributed by atoms with E-state index in [1.54, 1.807) is 0 Å². The quantitative estimate of drug-likeness (QED) is 0.208. The second-order valence-electron chi connectivity index (χ2n) is 9.30. The number of unbranched alkanes of at least 4 members (excludes halogenated alkanes) is 1. The van der Waals surface area contributed by atoms with Gasteiger partial charge in [-0.15, -0.1) is 0 Å². The minimum absolute atomic E-state index is 0.112. The number of nitrogens with one attached hydrogen (secondary N) is 6. The molecule has 6 amide bonds. The smallest absolute Gasteiger partial charge is 0.407 e. The topological polar surface area (TPSA) is 159 Å². The van der Waals surface area contributed by atoms with Gasteiger partial charge in [-0.2, -0.15) is 0 Å². The van der Waals surface area contributed by atoms with Crippen LogP contribution in [0.2, 0.25) is 0 Å². The second kappa shape index (κ2) is 18.4. The molecule has 0 heterocycles. The maximum atomic E-state index is 11.8. The van der Waals surface area contributed by atoms with Crippen LogP contribution in [0.5, 0.6) is 0 Å². The molecule has 36 heavy (non-hydrogen) atoms. The lowest BCUT2D eigenvalue weighted by molar-refractivity contribution is 0.139. The zero-order valence-corrected chi connectivity index (χ0v) is 21.3. The van der Waals surface area contributed by atoms with Gasteiger partial charge in [-0.05, 0) is 38.5 Å². The molecule has 2 aliphatic rings. The number of alkyl carbamates (subject to hydrolysis) is 2. The van der Waals surface area contributed by atoms with E-state index in [1.807, 2.05) is 0 Å². The lowest BCUT2D eigenvalue weighted by atomic mass is 9.96. The van der Waals surface area contributed by atoms with Crippen LogP contribution in [0.25, 0.3) is 0 Å². The zero-order valence-electron chi connectivity index (χ0n) is 21.3. The molecule has 0 aromatic carbocycles. The van der Waals surface area contributed by atoms with Gasteiger partial charge >= 0.3 is 24.2 Å². The van der Waals surface area contributed by atoms with Crippen LogP contribution in [0, 0.1) is 0 Å². The van der Waals surface area contributed by atoms with Gasteiger partial charge in [-0.25, -0.2) is 19.2 Å². The first-order valence-corrected chi connectivity index (χ1v) is 13.4. The maximum absolute atomic E-state index is 11.8. The van der Waals surface area contributed by atoms with Gasteiger partial charge in [0.15, 0.2) is 0 Å². The molecule has 0 radical (unpaired) electrons. The summed E-state index contributed by atoms with van der Waals surface area (Å²) in [7, 11) is 0. The van der Waals surface area contributed by atoms with Crippen molar-refractivity contribution in [3.63, 3.8) is 0 Å². The molecule has 0 aliphatic heterocycles. The van der Waals surface area contributed by atoms with E-state index >= 15 is 0 Å². The molecule has 12 heteroatoms. The number of rotatable bonds is 13. The first kappa shape index (κ1) is 29.3. The Morgan fingerprint density at radius 1 is 0.528 bits per heavy atom. The third kappa shape index (κ3) is 14.5. The van der Waals surface area contributed by atoms with Gasteiger partial charge in [-0.3, -0.25) is 0 Å². The molecule has 0 aromatic rings. The lowest BCUT2D eigenvalue weighted by Crippen LogP contribution is -2.41. The van der Waals surface area contributed by atoms with E-state index in [0.717, 1.165) is 51.4 Å². The Morgan fingerprint density at radius 3 is 1.28 bits per heavy atom. The Kier molecular flexibility index (Phi) is 15.0. The van der Waals surface area contributed by atoms with E-state index in [4.69, 9.17) is 9.47 Å². The number of amides is 6.